The molecule has 4 rings (SSSR count). The van der Waals surface area contributed by atoms with Crippen LogP contribution in [0, 0.1) is 0 Å². The zero-order valence-corrected chi connectivity index (χ0v) is 19.8. The van der Waals surface area contributed by atoms with Crippen molar-refractivity contribution in [2.24, 2.45) is 0 Å². The molecule has 0 aromatic heterocycles. The lowest BCUT2D eigenvalue weighted by Gasteiger charge is -2.32. The number of likely N-dealkylation sites (tertiary alicyclic amines) is 1. The summed E-state index contributed by atoms with van der Waals surface area (Å²) in [5, 5.41) is 12.4. The van der Waals surface area contributed by atoms with Gasteiger partial charge in [-0.05, 0) is 48.4 Å². The van der Waals surface area contributed by atoms with E-state index in [1.807, 2.05) is 31.2 Å². The van der Waals surface area contributed by atoms with Crippen molar-refractivity contribution in [3.05, 3.63) is 59.7 Å². The van der Waals surface area contributed by atoms with Gasteiger partial charge in [0.15, 0.2) is 0 Å². The van der Waals surface area contributed by atoms with Crippen LogP contribution in [0.1, 0.15) is 63.0 Å². The Morgan fingerprint density at radius 2 is 1.74 bits per heavy atom. The summed E-state index contributed by atoms with van der Waals surface area (Å²) in [5.41, 5.74) is 3.41. The summed E-state index contributed by atoms with van der Waals surface area (Å²) in [6.07, 6.45) is 1.97. The third kappa shape index (κ3) is 4.52. The van der Waals surface area contributed by atoms with Crippen LogP contribution in [0.4, 0.5) is 4.79 Å². The van der Waals surface area contributed by atoms with E-state index in [9.17, 15) is 19.5 Å². The Morgan fingerprint density at radius 3 is 2.32 bits per heavy atom. The second kappa shape index (κ2) is 9.87. The average molecular weight is 465 g/mol. The monoisotopic (exact) mass is 464 g/mol. The van der Waals surface area contributed by atoms with Crippen molar-refractivity contribution in [2.45, 2.75) is 63.5 Å². The summed E-state index contributed by atoms with van der Waals surface area (Å²) < 4.78 is 5.63. The number of amides is 2. The van der Waals surface area contributed by atoms with Gasteiger partial charge in [0.1, 0.15) is 12.1 Å². The first kappa shape index (κ1) is 23.8. The largest absolute Gasteiger partial charge is 0.480 e. The molecule has 1 saturated heterocycles. The third-order valence-corrected chi connectivity index (χ3v) is 7.13. The summed E-state index contributed by atoms with van der Waals surface area (Å²) in [6, 6.07) is 15.9. The summed E-state index contributed by atoms with van der Waals surface area (Å²) in [4.78, 5) is 38.8. The second-order valence-corrected chi connectivity index (χ2v) is 9.39. The van der Waals surface area contributed by atoms with Crippen LogP contribution in [0.2, 0.25) is 0 Å². The lowest BCUT2D eigenvalue weighted by atomic mass is 9.98. The molecule has 1 aliphatic carbocycles. The van der Waals surface area contributed by atoms with E-state index in [0.29, 0.717) is 25.8 Å². The minimum Gasteiger partial charge on any atom is -0.480 e. The van der Waals surface area contributed by atoms with Gasteiger partial charge < -0.3 is 20.1 Å². The fourth-order valence-electron chi connectivity index (χ4n) is 5.29. The van der Waals surface area contributed by atoms with E-state index in [1.165, 1.54) is 4.90 Å². The van der Waals surface area contributed by atoms with E-state index in [1.54, 1.807) is 6.92 Å². The zero-order chi connectivity index (χ0) is 24.3. The van der Waals surface area contributed by atoms with Gasteiger partial charge in [0.2, 0.25) is 5.91 Å². The highest BCUT2D eigenvalue weighted by atomic mass is 16.5. The van der Waals surface area contributed by atoms with Gasteiger partial charge in [0.05, 0.1) is 0 Å². The number of carbonyl (C=O) groups is 3. The molecular formula is C27H32N2O5. The third-order valence-electron chi connectivity index (χ3n) is 7.13. The molecule has 7 heteroatoms. The number of carbonyl (C=O) groups excluding carboxylic acids is 2. The highest BCUT2D eigenvalue weighted by Gasteiger charge is 2.46. The molecule has 2 aromatic rings. The number of benzene rings is 2. The predicted molar refractivity (Wildman–Crippen MR) is 129 cm³/mol. The van der Waals surface area contributed by atoms with Gasteiger partial charge in [0.25, 0.3) is 0 Å². The highest BCUT2D eigenvalue weighted by molar-refractivity contribution is 5.88. The van der Waals surface area contributed by atoms with Crippen LogP contribution in [0.5, 0.6) is 0 Å². The summed E-state index contributed by atoms with van der Waals surface area (Å²) in [7, 11) is 0. The van der Waals surface area contributed by atoms with E-state index in [0.717, 1.165) is 28.7 Å². The van der Waals surface area contributed by atoms with Gasteiger partial charge in [-0.25, -0.2) is 9.59 Å². The highest BCUT2D eigenvalue weighted by Crippen LogP contribution is 2.44. The maximum atomic E-state index is 12.9. The number of nitrogens with zero attached hydrogens (tertiary/aromatic N) is 1. The molecule has 1 unspecified atom stereocenters. The molecule has 180 valence electrons. The van der Waals surface area contributed by atoms with Crippen LogP contribution < -0.4 is 5.32 Å². The van der Waals surface area contributed by atoms with Crippen LogP contribution in [0.25, 0.3) is 11.1 Å². The molecule has 2 amide bonds. The molecule has 2 aromatic carbocycles. The average Bonchev–Trinajstić information content (AvgIpc) is 3.37. The van der Waals surface area contributed by atoms with Gasteiger partial charge in [-0.1, -0.05) is 61.9 Å². The van der Waals surface area contributed by atoms with Crippen LogP contribution in [-0.4, -0.2) is 52.7 Å². The van der Waals surface area contributed by atoms with E-state index in [4.69, 9.17) is 4.74 Å². The number of fused-ring (bicyclic) bond motifs is 3. The smallest absolute Gasteiger partial charge is 0.407 e. The molecular weight excluding hydrogens is 432 g/mol. The van der Waals surface area contributed by atoms with Gasteiger partial charge >= 0.3 is 12.1 Å². The molecule has 2 atom stereocenters. The van der Waals surface area contributed by atoms with Crippen molar-refractivity contribution >= 4 is 18.0 Å². The van der Waals surface area contributed by atoms with Crippen molar-refractivity contribution < 1.29 is 24.2 Å². The van der Waals surface area contributed by atoms with Crippen molar-refractivity contribution in [3.63, 3.8) is 0 Å². The standard InChI is InChI=1S/C27H32N2O5/c1-3-9-18(16-24(30)29-15-8-14-27(29,2)25(31)32)28-26(33)34-17-23-21-12-6-4-10-19(21)20-11-5-7-13-22(20)23/h4-7,10-13,18,23H,3,8-9,14-17H2,1-2H3,(H,28,33)(H,31,32)/t18?,27-/m0/s1. The molecule has 0 spiro atoms. The number of ether oxygens (including phenoxy) is 1. The van der Waals surface area contributed by atoms with E-state index < -0.39 is 23.6 Å². The molecule has 0 radical (unpaired) electrons. The maximum absolute atomic E-state index is 12.9. The van der Waals surface area contributed by atoms with Gasteiger partial charge in [-0.2, -0.15) is 0 Å². The number of hydrogen-bond acceptors (Lipinski definition) is 4. The number of carboxylic acid groups (broad SMARTS) is 1. The molecule has 2 N–H and O–H groups in total. The van der Waals surface area contributed by atoms with Crippen molar-refractivity contribution in [1.29, 1.82) is 0 Å². The quantitative estimate of drug-likeness (QED) is 0.598. The van der Waals surface area contributed by atoms with Crippen LogP contribution in [0.15, 0.2) is 48.5 Å². The van der Waals surface area contributed by atoms with E-state index in [-0.39, 0.29) is 24.9 Å². The topological polar surface area (TPSA) is 95.9 Å². The second-order valence-electron chi connectivity index (χ2n) is 9.39. The fourth-order valence-corrected chi connectivity index (χ4v) is 5.29. The lowest BCUT2D eigenvalue weighted by molar-refractivity contribution is -0.155. The van der Waals surface area contributed by atoms with E-state index >= 15 is 0 Å². The Balaban J connectivity index is 1.39. The number of aliphatic carboxylic acids is 1. The van der Waals surface area contributed by atoms with Crippen molar-refractivity contribution in [3.8, 4) is 11.1 Å². The zero-order valence-electron chi connectivity index (χ0n) is 19.8. The lowest BCUT2D eigenvalue weighted by Crippen LogP contribution is -2.52. The maximum Gasteiger partial charge on any atom is 0.407 e. The Hall–Kier alpha value is -3.35. The molecule has 2 aliphatic rings. The minimum absolute atomic E-state index is 0.0368. The Morgan fingerprint density at radius 1 is 1.12 bits per heavy atom. The van der Waals surface area contributed by atoms with Crippen molar-refractivity contribution in [1.82, 2.24) is 10.2 Å². The SMILES string of the molecule is CCCC(CC(=O)N1CCC[C@@]1(C)C(=O)O)NC(=O)OCC1c2ccccc2-c2ccccc21. The van der Waals surface area contributed by atoms with Gasteiger partial charge in [-0.3, -0.25) is 4.79 Å². The number of carboxylic acids is 1. The molecule has 0 bridgehead atoms. The summed E-state index contributed by atoms with van der Waals surface area (Å²) in [6.45, 7) is 4.20. The predicted octanol–water partition coefficient (Wildman–Crippen LogP) is 4.55. The molecule has 1 heterocycles. The molecule has 7 nitrogen and oxygen atoms in total. The molecule has 0 saturated carbocycles. The number of rotatable bonds is 8. The Bertz CT molecular complexity index is 1040. The molecule has 34 heavy (non-hydrogen) atoms. The summed E-state index contributed by atoms with van der Waals surface area (Å²) in [5.74, 6) is -1.28. The minimum atomic E-state index is -1.18. The van der Waals surface area contributed by atoms with Crippen LogP contribution in [0.3, 0.4) is 0 Å². The van der Waals surface area contributed by atoms with Crippen molar-refractivity contribution in [2.75, 3.05) is 13.2 Å². The normalized spacial score (nSPS) is 19.9. The first-order valence-electron chi connectivity index (χ1n) is 12.0. The summed E-state index contributed by atoms with van der Waals surface area (Å²) >= 11 is 0. The first-order chi connectivity index (χ1) is 16.3. The Labute approximate surface area is 200 Å². The number of hydrogen-bond donors (Lipinski definition) is 2. The van der Waals surface area contributed by atoms with E-state index in [2.05, 4.69) is 29.6 Å². The van der Waals surface area contributed by atoms with Crippen LogP contribution in [-0.2, 0) is 14.3 Å². The Kier molecular flexibility index (Phi) is 6.91. The van der Waals surface area contributed by atoms with Gasteiger partial charge in [-0.15, -0.1) is 0 Å². The fraction of sp³-hybridized carbons (Fsp3) is 0.444. The number of nitrogens with one attached hydrogen (secondary N) is 1. The molecule has 1 fully saturated rings. The number of alkyl carbamates (subject to hydrolysis) is 1. The van der Waals surface area contributed by atoms with Crippen LogP contribution >= 0.6 is 0 Å². The molecule has 1 aliphatic heterocycles. The van der Waals surface area contributed by atoms with Gasteiger partial charge in [0, 0.05) is 24.9 Å². The first-order valence-corrected chi connectivity index (χ1v) is 12.0.